The molecule has 1 aromatic rings. The van der Waals surface area contributed by atoms with Crippen molar-refractivity contribution >= 4 is 9.84 Å². The fourth-order valence-corrected chi connectivity index (χ4v) is 5.10. The van der Waals surface area contributed by atoms with Gasteiger partial charge in [0.2, 0.25) is 5.88 Å². The number of rotatable bonds is 4. The van der Waals surface area contributed by atoms with Crippen molar-refractivity contribution in [2.75, 3.05) is 25.2 Å². The number of aromatic nitrogens is 2. The number of hydrogen-bond donors (Lipinski definition) is 2. The van der Waals surface area contributed by atoms with Crippen molar-refractivity contribution in [3.63, 3.8) is 0 Å². The first-order chi connectivity index (χ1) is 9.26. The third-order valence-corrected chi connectivity index (χ3v) is 5.93. The van der Waals surface area contributed by atoms with Crippen molar-refractivity contribution in [1.29, 1.82) is 0 Å². The van der Waals surface area contributed by atoms with Crippen LogP contribution >= 0.6 is 0 Å². The predicted octanol–water partition coefficient (Wildman–Crippen LogP) is -0.466. The number of ether oxygens (including phenoxy) is 1. The normalized spacial score (nSPS) is 26.6. The van der Waals surface area contributed by atoms with Gasteiger partial charge in [0, 0.05) is 19.0 Å². The molecule has 0 bridgehead atoms. The van der Waals surface area contributed by atoms with Crippen molar-refractivity contribution < 1.29 is 18.3 Å². The summed E-state index contributed by atoms with van der Waals surface area (Å²) in [6.45, 7) is 1.86. The molecule has 20 heavy (non-hydrogen) atoms. The second kappa shape index (κ2) is 5.01. The third kappa shape index (κ3) is 2.32. The van der Waals surface area contributed by atoms with E-state index in [2.05, 4.69) is 5.10 Å². The largest absolute Gasteiger partial charge is 0.481 e. The van der Waals surface area contributed by atoms with Gasteiger partial charge < -0.3 is 15.6 Å². The van der Waals surface area contributed by atoms with E-state index in [1.807, 2.05) is 0 Å². The molecule has 1 fully saturated rings. The number of sulfone groups is 1. The van der Waals surface area contributed by atoms with Gasteiger partial charge in [-0.15, -0.1) is 0 Å². The summed E-state index contributed by atoms with van der Waals surface area (Å²) < 4.78 is 30.3. The Hall–Kier alpha value is -1.12. The molecule has 2 rings (SSSR count). The quantitative estimate of drug-likeness (QED) is 0.779. The monoisotopic (exact) mass is 303 g/mol. The summed E-state index contributed by atoms with van der Waals surface area (Å²) in [6, 6.07) is 0. The van der Waals surface area contributed by atoms with Crippen molar-refractivity contribution in [2.24, 2.45) is 18.2 Å². The minimum atomic E-state index is -3.15. The molecule has 0 aliphatic carbocycles. The van der Waals surface area contributed by atoms with Crippen molar-refractivity contribution in [3.05, 3.63) is 11.3 Å². The Balaban J connectivity index is 2.47. The van der Waals surface area contributed by atoms with Crippen LogP contribution in [0.5, 0.6) is 5.88 Å². The second-order valence-electron chi connectivity index (χ2n) is 5.44. The number of aliphatic hydroxyl groups is 1. The smallest absolute Gasteiger partial charge is 0.217 e. The average Bonchev–Trinajstić information content (AvgIpc) is 2.85. The van der Waals surface area contributed by atoms with E-state index in [0.29, 0.717) is 23.6 Å². The second-order valence-corrected chi connectivity index (χ2v) is 7.63. The lowest BCUT2D eigenvalue weighted by atomic mass is 9.78. The van der Waals surface area contributed by atoms with Crippen LogP contribution < -0.4 is 10.5 Å². The Kier molecular flexibility index (Phi) is 3.83. The van der Waals surface area contributed by atoms with Crippen molar-refractivity contribution in [1.82, 2.24) is 9.78 Å². The molecule has 0 aromatic carbocycles. The first-order valence-electron chi connectivity index (χ1n) is 6.42. The molecule has 114 valence electrons. The minimum Gasteiger partial charge on any atom is -0.481 e. The van der Waals surface area contributed by atoms with Gasteiger partial charge in [-0.2, -0.15) is 5.10 Å². The minimum absolute atomic E-state index is 0.0584. The maximum absolute atomic E-state index is 11.8. The van der Waals surface area contributed by atoms with E-state index in [4.69, 9.17) is 10.5 Å². The van der Waals surface area contributed by atoms with Gasteiger partial charge in [-0.05, 0) is 13.3 Å². The molecule has 2 unspecified atom stereocenters. The number of nitrogens with two attached hydrogens (primary N) is 1. The lowest BCUT2D eigenvalue weighted by molar-refractivity contribution is 0.0445. The first kappa shape index (κ1) is 15.3. The van der Waals surface area contributed by atoms with Crippen LogP contribution in [-0.4, -0.2) is 48.5 Å². The van der Waals surface area contributed by atoms with Gasteiger partial charge in [-0.25, -0.2) is 13.1 Å². The molecule has 1 aliphatic rings. The predicted molar refractivity (Wildman–Crippen MR) is 74.2 cm³/mol. The number of aryl methyl sites for hydroxylation is 2. The van der Waals surface area contributed by atoms with Crippen LogP contribution in [-0.2, 0) is 16.9 Å². The van der Waals surface area contributed by atoms with E-state index >= 15 is 0 Å². The summed E-state index contributed by atoms with van der Waals surface area (Å²) in [7, 11) is 0.0515. The molecular weight excluding hydrogens is 282 g/mol. The maximum Gasteiger partial charge on any atom is 0.217 e. The SMILES string of the molecule is COc1c(C(O)C2(CN)CCS(=O)(=O)C2)c(C)nn1C. The molecule has 0 radical (unpaired) electrons. The third-order valence-electron chi connectivity index (χ3n) is 4.09. The summed E-state index contributed by atoms with van der Waals surface area (Å²) in [5.74, 6) is 0.394. The Morgan fingerprint density at radius 1 is 1.60 bits per heavy atom. The molecule has 0 spiro atoms. The Labute approximate surface area is 118 Å². The zero-order valence-electron chi connectivity index (χ0n) is 12.0. The average molecular weight is 303 g/mol. The number of hydrogen-bond acceptors (Lipinski definition) is 6. The van der Waals surface area contributed by atoms with Crippen LogP contribution in [0, 0.1) is 12.3 Å². The van der Waals surface area contributed by atoms with Crippen LogP contribution in [0.25, 0.3) is 0 Å². The van der Waals surface area contributed by atoms with E-state index < -0.39 is 21.4 Å². The lowest BCUT2D eigenvalue weighted by Crippen LogP contribution is -2.38. The summed E-state index contributed by atoms with van der Waals surface area (Å²) >= 11 is 0. The molecule has 2 heterocycles. The summed E-state index contributed by atoms with van der Waals surface area (Å²) in [6.07, 6.45) is -0.654. The zero-order valence-corrected chi connectivity index (χ0v) is 12.8. The maximum atomic E-state index is 11.8. The van der Waals surface area contributed by atoms with Crippen molar-refractivity contribution in [2.45, 2.75) is 19.4 Å². The molecule has 3 N–H and O–H groups in total. The highest BCUT2D eigenvalue weighted by atomic mass is 32.2. The summed E-state index contributed by atoms with van der Waals surface area (Å²) in [5, 5.41) is 14.9. The summed E-state index contributed by atoms with van der Waals surface area (Å²) in [5.41, 5.74) is 6.07. The number of aliphatic hydroxyl groups excluding tert-OH is 1. The van der Waals surface area contributed by atoms with Gasteiger partial charge in [-0.3, -0.25) is 0 Å². The van der Waals surface area contributed by atoms with Crippen LogP contribution in [0.15, 0.2) is 0 Å². The molecule has 1 saturated heterocycles. The van der Waals surface area contributed by atoms with E-state index in [-0.39, 0.29) is 18.1 Å². The molecule has 1 aromatic heterocycles. The molecule has 0 amide bonds. The Morgan fingerprint density at radius 2 is 2.25 bits per heavy atom. The van der Waals surface area contributed by atoms with Gasteiger partial charge in [-0.1, -0.05) is 0 Å². The lowest BCUT2D eigenvalue weighted by Gasteiger charge is -2.31. The zero-order chi connectivity index (χ0) is 15.1. The highest BCUT2D eigenvalue weighted by Gasteiger charge is 2.48. The molecule has 7 nitrogen and oxygen atoms in total. The van der Waals surface area contributed by atoms with Gasteiger partial charge in [0.25, 0.3) is 0 Å². The molecule has 8 heteroatoms. The van der Waals surface area contributed by atoms with E-state index in [1.54, 1.807) is 14.0 Å². The molecular formula is C12H21N3O4S. The highest BCUT2D eigenvalue weighted by Crippen LogP contribution is 2.45. The Morgan fingerprint density at radius 3 is 2.70 bits per heavy atom. The topological polar surface area (TPSA) is 107 Å². The van der Waals surface area contributed by atoms with Crippen LogP contribution in [0.3, 0.4) is 0 Å². The number of methoxy groups -OCH3 is 1. The highest BCUT2D eigenvalue weighted by molar-refractivity contribution is 7.91. The standard InChI is InChI=1S/C12H21N3O4S/c1-8-9(11(19-3)15(2)14-8)10(16)12(6-13)4-5-20(17,18)7-12/h10,16H,4-7,13H2,1-3H3. The Bertz CT molecular complexity index is 610. The van der Waals surface area contributed by atoms with E-state index in [1.165, 1.54) is 11.8 Å². The van der Waals surface area contributed by atoms with Gasteiger partial charge in [0.1, 0.15) is 0 Å². The fourth-order valence-electron chi connectivity index (χ4n) is 2.95. The first-order valence-corrected chi connectivity index (χ1v) is 8.24. The van der Waals surface area contributed by atoms with Crippen LogP contribution in [0.4, 0.5) is 0 Å². The molecule has 2 atom stereocenters. The van der Waals surface area contributed by atoms with Gasteiger partial charge in [0.15, 0.2) is 9.84 Å². The van der Waals surface area contributed by atoms with E-state index in [0.717, 1.165) is 0 Å². The van der Waals surface area contributed by atoms with Crippen LogP contribution in [0.2, 0.25) is 0 Å². The van der Waals surface area contributed by atoms with E-state index in [9.17, 15) is 13.5 Å². The van der Waals surface area contributed by atoms with Gasteiger partial charge >= 0.3 is 0 Å². The van der Waals surface area contributed by atoms with Crippen molar-refractivity contribution in [3.8, 4) is 5.88 Å². The fraction of sp³-hybridized carbons (Fsp3) is 0.750. The molecule has 0 saturated carbocycles. The summed E-state index contributed by atoms with van der Waals surface area (Å²) in [4.78, 5) is 0. The van der Waals surface area contributed by atoms with Gasteiger partial charge in [0.05, 0.1) is 36.0 Å². The van der Waals surface area contributed by atoms with Crippen LogP contribution in [0.1, 0.15) is 23.8 Å². The number of nitrogens with zero attached hydrogens (tertiary/aromatic N) is 2. The molecule has 1 aliphatic heterocycles.